The quantitative estimate of drug-likeness (QED) is 0.447. The van der Waals surface area contributed by atoms with Gasteiger partial charge in [0.2, 0.25) is 0 Å². The molecule has 0 saturated carbocycles. The molecule has 2 atom stereocenters. The van der Waals surface area contributed by atoms with Crippen LogP contribution in [0.4, 0.5) is 0 Å². The molecule has 0 saturated heterocycles. The topological polar surface area (TPSA) is 29.5 Å². The standard InChI is InChI=1S/C16H30O2Si/c1-7-16(17)12-8-10-14(16)11-9-13-18-19(5,6)15(2,3)4/h7-8,12,14,17H,1,9-11,13H2,2-6H3/t14-,16+/m0/s1. The molecule has 19 heavy (non-hydrogen) atoms. The van der Waals surface area contributed by atoms with E-state index in [0.717, 1.165) is 25.9 Å². The van der Waals surface area contributed by atoms with Crippen molar-refractivity contribution in [1.29, 1.82) is 0 Å². The fourth-order valence-corrected chi connectivity index (χ4v) is 3.29. The van der Waals surface area contributed by atoms with Crippen LogP contribution in [0.2, 0.25) is 18.1 Å². The van der Waals surface area contributed by atoms with Crippen LogP contribution in [0.5, 0.6) is 0 Å². The van der Waals surface area contributed by atoms with Crippen LogP contribution in [-0.2, 0) is 4.43 Å². The minimum atomic E-state index is -1.62. The van der Waals surface area contributed by atoms with Crippen molar-refractivity contribution in [1.82, 2.24) is 0 Å². The molecule has 0 aromatic rings. The van der Waals surface area contributed by atoms with Gasteiger partial charge in [0.25, 0.3) is 0 Å². The molecule has 1 rings (SSSR count). The summed E-state index contributed by atoms with van der Waals surface area (Å²) in [5.41, 5.74) is -0.795. The first-order chi connectivity index (χ1) is 8.62. The first kappa shape index (κ1) is 16.7. The number of allylic oxidation sites excluding steroid dienone is 1. The van der Waals surface area contributed by atoms with E-state index in [1.165, 1.54) is 0 Å². The number of hydrogen-bond acceptors (Lipinski definition) is 2. The third-order valence-electron chi connectivity index (χ3n) is 4.75. The van der Waals surface area contributed by atoms with E-state index in [9.17, 15) is 5.11 Å². The number of rotatable bonds is 6. The lowest BCUT2D eigenvalue weighted by Crippen LogP contribution is -2.41. The zero-order chi connectivity index (χ0) is 14.7. The molecule has 0 heterocycles. The highest BCUT2D eigenvalue weighted by Crippen LogP contribution is 2.37. The molecular weight excluding hydrogens is 252 g/mol. The summed E-state index contributed by atoms with van der Waals surface area (Å²) in [5.74, 6) is 0.271. The fraction of sp³-hybridized carbons (Fsp3) is 0.750. The van der Waals surface area contributed by atoms with Gasteiger partial charge in [-0.2, -0.15) is 0 Å². The molecule has 0 amide bonds. The Labute approximate surface area is 119 Å². The van der Waals surface area contributed by atoms with Gasteiger partial charge in [-0.3, -0.25) is 0 Å². The average molecular weight is 282 g/mol. The monoisotopic (exact) mass is 282 g/mol. The van der Waals surface area contributed by atoms with Crippen molar-refractivity contribution < 1.29 is 9.53 Å². The minimum Gasteiger partial charge on any atom is -0.417 e. The Hall–Kier alpha value is -0.383. The fourth-order valence-electron chi connectivity index (χ4n) is 2.20. The summed E-state index contributed by atoms with van der Waals surface area (Å²) < 4.78 is 6.17. The summed E-state index contributed by atoms with van der Waals surface area (Å²) in [7, 11) is -1.62. The van der Waals surface area contributed by atoms with Gasteiger partial charge < -0.3 is 9.53 Å². The molecule has 1 aliphatic carbocycles. The minimum absolute atomic E-state index is 0.268. The van der Waals surface area contributed by atoms with Crippen molar-refractivity contribution in [2.75, 3.05) is 6.61 Å². The second-order valence-corrected chi connectivity index (χ2v) is 12.0. The molecule has 0 unspecified atom stereocenters. The first-order valence-corrected chi connectivity index (χ1v) is 10.2. The van der Waals surface area contributed by atoms with Crippen molar-refractivity contribution in [3.8, 4) is 0 Å². The lowest BCUT2D eigenvalue weighted by atomic mass is 9.87. The number of aliphatic hydroxyl groups is 1. The first-order valence-electron chi connectivity index (χ1n) is 7.30. The van der Waals surface area contributed by atoms with Crippen molar-refractivity contribution in [3.05, 3.63) is 24.8 Å². The SMILES string of the molecule is C=C[C@@]1(O)C=CC[C@H]1CCCO[Si](C)(C)C(C)(C)C. The van der Waals surface area contributed by atoms with Gasteiger partial charge in [-0.25, -0.2) is 0 Å². The molecule has 1 N–H and O–H groups in total. The van der Waals surface area contributed by atoms with Gasteiger partial charge in [0, 0.05) is 6.61 Å². The van der Waals surface area contributed by atoms with Crippen LogP contribution < -0.4 is 0 Å². The molecular formula is C16H30O2Si. The van der Waals surface area contributed by atoms with Crippen LogP contribution in [-0.4, -0.2) is 25.6 Å². The molecule has 0 bridgehead atoms. The van der Waals surface area contributed by atoms with Gasteiger partial charge in [-0.05, 0) is 43.3 Å². The Kier molecular flexibility index (Phi) is 5.21. The Balaban J connectivity index is 2.35. The van der Waals surface area contributed by atoms with Gasteiger partial charge in [-0.15, -0.1) is 0 Å². The van der Waals surface area contributed by atoms with Crippen LogP contribution in [0.25, 0.3) is 0 Å². The largest absolute Gasteiger partial charge is 0.417 e. The maximum Gasteiger partial charge on any atom is 0.191 e. The van der Waals surface area contributed by atoms with Crippen LogP contribution in [0.3, 0.4) is 0 Å². The normalized spacial score (nSPS) is 27.8. The maximum absolute atomic E-state index is 10.3. The Bertz CT molecular complexity index is 341. The molecule has 3 heteroatoms. The highest BCUT2D eigenvalue weighted by atomic mass is 28.4. The predicted octanol–water partition coefficient (Wildman–Crippen LogP) is 4.28. The molecule has 0 aromatic heterocycles. The van der Waals surface area contributed by atoms with Crippen LogP contribution >= 0.6 is 0 Å². The van der Waals surface area contributed by atoms with Crippen LogP contribution in [0.1, 0.15) is 40.0 Å². The van der Waals surface area contributed by atoms with E-state index < -0.39 is 13.9 Å². The van der Waals surface area contributed by atoms with Gasteiger partial charge in [0.05, 0.1) is 0 Å². The number of hydrogen-bond donors (Lipinski definition) is 1. The van der Waals surface area contributed by atoms with Gasteiger partial charge in [0.1, 0.15) is 5.60 Å². The van der Waals surface area contributed by atoms with E-state index in [4.69, 9.17) is 4.43 Å². The summed E-state index contributed by atoms with van der Waals surface area (Å²) in [4.78, 5) is 0. The van der Waals surface area contributed by atoms with E-state index in [2.05, 4.69) is 46.5 Å². The zero-order valence-electron chi connectivity index (χ0n) is 13.2. The Morgan fingerprint density at radius 3 is 2.63 bits per heavy atom. The summed E-state index contributed by atoms with van der Waals surface area (Å²) in [6.07, 6.45) is 8.54. The van der Waals surface area contributed by atoms with Gasteiger partial charge >= 0.3 is 0 Å². The van der Waals surface area contributed by atoms with Crippen molar-refractivity contribution in [2.24, 2.45) is 5.92 Å². The second kappa shape index (κ2) is 5.94. The van der Waals surface area contributed by atoms with Gasteiger partial charge in [0.15, 0.2) is 8.32 Å². The van der Waals surface area contributed by atoms with Gasteiger partial charge in [-0.1, -0.05) is 45.6 Å². The van der Waals surface area contributed by atoms with E-state index in [1.54, 1.807) is 6.08 Å². The molecule has 1 aliphatic rings. The maximum atomic E-state index is 10.3. The average Bonchev–Trinajstić information content (AvgIpc) is 2.66. The zero-order valence-corrected chi connectivity index (χ0v) is 14.2. The van der Waals surface area contributed by atoms with E-state index in [1.807, 2.05) is 6.08 Å². The summed E-state index contributed by atoms with van der Waals surface area (Å²) in [5, 5.41) is 10.6. The molecule has 110 valence electrons. The third kappa shape index (κ3) is 4.04. The highest BCUT2D eigenvalue weighted by Gasteiger charge is 2.37. The molecule has 0 aliphatic heterocycles. The molecule has 2 nitrogen and oxygen atoms in total. The van der Waals surface area contributed by atoms with E-state index >= 15 is 0 Å². The highest BCUT2D eigenvalue weighted by molar-refractivity contribution is 6.74. The van der Waals surface area contributed by atoms with Crippen LogP contribution in [0, 0.1) is 5.92 Å². The molecule has 0 spiro atoms. The Morgan fingerprint density at radius 1 is 1.47 bits per heavy atom. The predicted molar refractivity (Wildman–Crippen MR) is 84.8 cm³/mol. The molecule has 0 fully saturated rings. The smallest absolute Gasteiger partial charge is 0.191 e. The summed E-state index contributed by atoms with van der Waals surface area (Å²) >= 11 is 0. The van der Waals surface area contributed by atoms with E-state index in [-0.39, 0.29) is 11.0 Å². The Morgan fingerprint density at radius 2 is 2.11 bits per heavy atom. The summed E-state index contributed by atoms with van der Waals surface area (Å²) in [6.45, 7) is 15.9. The van der Waals surface area contributed by atoms with E-state index in [0.29, 0.717) is 0 Å². The third-order valence-corrected chi connectivity index (χ3v) is 9.29. The van der Waals surface area contributed by atoms with Crippen molar-refractivity contribution in [3.63, 3.8) is 0 Å². The lowest BCUT2D eigenvalue weighted by molar-refractivity contribution is 0.0788. The molecule has 0 aromatic carbocycles. The van der Waals surface area contributed by atoms with Crippen molar-refractivity contribution in [2.45, 2.75) is 63.8 Å². The summed E-state index contributed by atoms with van der Waals surface area (Å²) in [6, 6.07) is 0. The van der Waals surface area contributed by atoms with Crippen molar-refractivity contribution >= 4 is 8.32 Å². The van der Waals surface area contributed by atoms with Crippen LogP contribution in [0.15, 0.2) is 24.8 Å². The molecule has 0 radical (unpaired) electrons. The second-order valence-electron chi connectivity index (χ2n) is 7.18. The lowest BCUT2D eigenvalue weighted by Gasteiger charge is -2.36.